The average Bonchev–Trinajstić information content (AvgIpc) is 3.44. The van der Waals surface area contributed by atoms with Crippen LogP contribution in [-0.2, 0) is 19.7 Å². The Morgan fingerprint density at radius 3 is 1.42 bits per heavy atom. The van der Waals surface area contributed by atoms with Gasteiger partial charge in [-0.2, -0.15) is 0 Å². The first kappa shape index (κ1) is 25.9. The molecule has 0 unspecified atom stereocenters. The minimum atomic E-state index is -3.39. The topological polar surface area (TPSA) is 152 Å². The van der Waals surface area contributed by atoms with E-state index in [1.165, 1.54) is 36.4 Å². The molecule has 2 N–H and O–H groups in total. The van der Waals surface area contributed by atoms with Crippen molar-refractivity contribution in [3.63, 3.8) is 0 Å². The minimum absolute atomic E-state index is 0.0987. The molecule has 194 valence electrons. The maximum absolute atomic E-state index is 13.1. The third-order valence-electron chi connectivity index (χ3n) is 5.43. The zero-order valence-electron chi connectivity index (χ0n) is 19.8. The molecule has 0 fully saturated rings. The number of nitrogens with zero attached hydrogens (tertiary/aromatic N) is 2. The quantitative estimate of drug-likeness (QED) is 0.300. The smallest absolute Gasteiger partial charge is 0.258 e. The summed E-state index contributed by atoms with van der Waals surface area (Å²) in [6, 6.07) is 15.3. The van der Waals surface area contributed by atoms with Crippen molar-refractivity contribution < 1.29 is 26.4 Å². The fourth-order valence-electron chi connectivity index (χ4n) is 3.59. The van der Waals surface area contributed by atoms with E-state index in [4.69, 9.17) is 0 Å². The summed E-state index contributed by atoms with van der Waals surface area (Å²) in [4.78, 5) is 35.1. The number of nitrogens with one attached hydrogen (secondary N) is 2. The average molecular weight is 587 g/mol. The van der Waals surface area contributed by atoms with Crippen LogP contribution in [-0.4, -0.2) is 51.1 Å². The molecular weight excluding hydrogens is 569 g/mol. The summed E-state index contributed by atoms with van der Waals surface area (Å²) in [5.41, 5.74) is 1.25. The summed E-state index contributed by atoms with van der Waals surface area (Å²) in [5, 5.41) is 5.85. The van der Waals surface area contributed by atoms with Crippen LogP contribution in [0.25, 0.3) is 20.4 Å². The molecule has 0 atom stereocenters. The largest absolute Gasteiger partial charge is 0.298 e. The second-order valence-electron chi connectivity index (χ2n) is 8.30. The Bertz CT molecular complexity index is 1830. The standard InChI is InChI=1S/C24H18N4O6S4/c1-37(31,32)13-7-9-17-19(11-13)35-23(25-17)27-21(29)15-5-3-4-6-16(15)22(30)28-24-26-18-10-8-14(38(2,33)34)12-20(18)36-24/h3-12H,1-2H3,(H,25,27,29)(H,26,28,30). The number of sulfone groups is 2. The monoisotopic (exact) mass is 586 g/mol. The van der Waals surface area contributed by atoms with Crippen molar-refractivity contribution in [2.75, 3.05) is 23.1 Å². The molecule has 14 heteroatoms. The van der Waals surface area contributed by atoms with Gasteiger partial charge in [-0.1, -0.05) is 34.8 Å². The van der Waals surface area contributed by atoms with E-state index >= 15 is 0 Å². The molecule has 3 aromatic carbocycles. The molecule has 38 heavy (non-hydrogen) atoms. The lowest BCUT2D eigenvalue weighted by molar-refractivity contribution is 0.0990. The van der Waals surface area contributed by atoms with E-state index in [1.807, 2.05) is 0 Å². The predicted octanol–water partition coefficient (Wildman–Crippen LogP) is 4.22. The van der Waals surface area contributed by atoms with Crippen LogP contribution in [0.2, 0.25) is 0 Å². The number of aromatic nitrogens is 2. The van der Waals surface area contributed by atoms with Crippen molar-refractivity contribution >= 4 is 84.9 Å². The van der Waals surface area contributed by atoms with Crippen molar-refractivity contribution in [1.82, 2.24) is 9.97 Å². The number of benzene rings is 3. The van der Waals surface area contributed by atoms with Crippen LogP contribution >= 0.6 is 22.7 Å². The Balaban J connectivity index is 1.38. The van der Waals surface area contributed by atoms with Crippen molar-refractivity contribution in [2.24, 2.45) is 0 Å². The molecule has 0 aliphatic heterocycles. The summed E-state index contributed by atoms with van der Waals surface area (Å²) < 4.78 is 48.5. The maximum Gasteiger partial charge on any atom is 0.258 e. The first-order valence-corrected chi connectivity index (χ1v) is 16.2. The highest BCUT2D eigenvalue weighted by Crippen LogP contribution is 2.30. The van der Waals surface area contributed by atoms with E-state index in [-0.39, 0.29) is 31.2 Å². The van der Waals surface area contributed by atoms with Crippen LogP contribution in [0.4, 0.5) is 10.3 Å². The second kappa shape index (κ2) is 9.54. The highest BCUT2D eigenvalue weighted by atomic mass is 32.2. The first-order chi connectivity index (χ1) is 17.9. The van der Waals surface area contributed by atoms with Crippen molar-refractivity contribution in [3.8, 4) is 0 Å². The van der Waals surface area contributed by atoms with Gasteiger partial charge in [0.15, 0.2) is 29.9 Å². The Kier molecular flexibility index (Phi) is 6.51. The molecule has 2 amide bonds. The number of carbonyl (C=O) groups is 2. The Morgan fingerprint density at radius 1 is 0.658 bits per heavy atom. The number of thiazole rings is 2. The first-order valence-electron chi connectivity index (χ1n) is 10.8. The number of carbonyl (C=O) groups excluding carboxylic acids is 2. The normalized spacial score (nSPS) is 12.1. The summed E-state index contributed by atoms with van der Waals surface area (Å²) in [6.45, 7) is 0. The van der Waals surface area contributed by atoms with E-state index < -0.39 is 31.5 Å². The minimum Gasteiger partial charge on any atom is -0.298 e. The summed E-state index contributed by atoms with van der Waals surface area (Å²) in [6.07, 6.45) is 2.22. The lowest BCUT2D eigenvalue weighted by Crippen LogP contribution is -2.20. The van der Waals surface area contributed by atoms with Gasteiger partial charge in [0.05, 0.1) is 41.4 Å². The van der Waals surface area contributed by atoms with Crippen molar-refractivity contribution in [2.45, 2.75) is 9.79 Å². The molecule has 5 aromatic rings. The summed E-state index contributed by atoms with van der Waals surface area (Å²) in [5.74, 6) is -1.14. The van der Waals surface area contributed by atoms with Crippen LogP contribution in [0.5, 0.6) is 0 Å². The number of hydrogen-bond donors (Lipinski definition) is 2. The van der Waals surface area contributed by atoms with Crippen molar-refractivity contribution in [3.05, 3.63) is 71.8 Å². The fourth-order valence-corrected chi connectivity index (χ4v) is 6.83. The van der Waals surface area contributed by atoms with Gasteiger partial charge in [0.2, 0.25) is 0 Å². The van der Waals surface area contributed by atoms with Gasteiger partial charge in [-0.15, -0.1) is 0 Å². The van der Waals surface area contributed by atoms with Crippen LogP contribution in [0, 0.1) is 0 Å². The van der Waals surface area contributed by atoms with Gasteiger partial charge < -0.3 is 0 Å². The third-order valence-corrected chi connectivity index (χ3v) is 9.52. The van der Waals surface area contributed by atoms with Gasteiger partial charge in [-0.05, 0) is 48.5 Å². The molecule has 0 saturated carbocycles. The van der Waals surface area contributed by atoms with Gasteiger partial charge in [-0.3, -0.25) is 20.2 Å². The van der Waals surface area contributed by atoms with E-state index in [2.05, 4.69) is 20.6 Å². The second-order valence-corrected chi connectivity index (χ2v) is 14.4. The van der Waals surface area contributed by atoms with Gasteiger partial charge in [0.1, 0.15) is 0 Å². The molecule has 2 aromatic heterocycles. The lowest BCUT2D eigenvalue weighted by Gasteiger charge is -2.08. The molecule has 0 aliphatic carbocycles. The highest BCUT2D eigenvalue weighted by molar-refractivity contribution is 7.91. The fraction of sp³-hybridized carbons (Fsp3) is 0.0833. The van der Waals surface area contributed by atoms with Gasteiger partial charge >= 0.3 is 0 Å². The third kappa shape index (κ3) is 5.29. The number of fused-ring (bicyclic) bond motifs is 2. The highest BCUT2D eigenvalue weighted by Gasteiger charge is 2.20. The zero-order valence-corrected chi connectivity index (χ0v) is 23.0. The van der Waals surface area contributed by atoms with Gasteiger partial charge in [0, 0.05) is 12.5 Å². The SMILES string of the molecule is CS(=O)(=O)c1ccc2nc(NC(=O)c3ccccc3C(=O)Nc3nc4ccc(S(C)(=O)=O)cc4s3)sc2c1. The molecule has 0 aliphatic rings. The van der Waals surface area contributed by atoms with E-state index in [9.17, 15) is 26.4 Å². The molecule has 0 bridgehead atoms. The molecular formula is C24H18N4O6S4. The van der Waals surface area contributed by atoms with E-state index in [0.29, 0.717) is 20.4 Å². The summed E-state index contributed by atoms with van der Waals surface area (Å²) in [7, 11) is -6.79. The van der Waals surface area contributed by atoms with Crippen molar-refractivity contribution in [1.29, 1.82) is 0 Å². The number of hydrogen-bond acceptors (Lipinski definition) is 10. The Labute approximate surface area is 225 Å². The van der Waals surface area contributed by atoms with Crippen LogP contribution < -0.4 is 10.6 Å². The molecule has 10 nitrogen and oxygen atoms in total. The maximum atomic E-state index is 13.1. The zero-order chi connectivity index (χ0) is 27.2. The number of amides is 2. The number of anilines is 2. The van der Waals surface area contributed by atoms with Crippen LogP contribution in [0.3, 0.4) is 0 Å². The van der Waals surface area contributed by atoms with Gasteiger partial charge in [-0.25, -0.2) is 26.8 Å². The lowest BCUT2D eigenvalue weighted by atomic mass is 10.1. The Hall–Kier alpha value is -3.72. The van der Waals surface area contributed by atoms with Crippen LogP contribution in [0.15, 0.2) is 70.5 Å². The molecule has 0 spiro atoms. The molecule has 5 rings (SSSR count). The summed E-state index contributed by atoms with van der Waals surface area (Å²) >= 11 is 2.23. The van der Waals surface area contributed by atoms with E-state index in [1.54, 1.807) is 24.3 Å². The predicted molar refractivity (Wildman–Crippen MR) is 148 cm³/mol. The van der Waals surface area contributed by atoms with Gasteiger partial charge in [0.25, 0.3) is 11.8 Å². The van der Waals surface area contributed by atoms with E-state index in [0.717, 1.165) is 35.2 Å². The van der Waals surface area contributed by atoms with Crippen LogP contribution in [0.1, 0.15) is 20.7 Å². The molecule has 0 radical (unpaired) electrons. The molecule has 0 saturated heterocycles. The number of rotatable bonds is 6. The molecule has 2 heterocycles. The Morgan fingerprint density at radius 2 is 1.05 bits per heavy atom.